The summed E-state index contributed by atoms with van der Waals surface area (Å²) in [5, 5.41) is 47.5. The maximum Gasteiger partial charge on any atom is 0.246 e. The predicted molar refractivity (Wildman–Crippen MR) is 422 cm³/mol. The Morgan fingerprint density at radius 3 is 1.22 bits per heavy atom. The van der Waals surface area contributed by atoms with Crippen LogP contribution in [0.15, 0.2) is 225 Å². The van der Waals surface area contributed by atoms with Crippen LogP contribution in [0.1, 0.15) is 0 Å². The van der Waals surface area contributed by atoms with Gasteiger partial charge < -0.3 is 50.4 Å². The topological polar surface area (TPSA) is 392 Å². The van der Waals surface area contributed by atoms with Gasteiger partial charge in [0.15, 0.2) is 45.9 Å². The van der Waals surface area contributed by atoms with Gasteiger partial charge in [0, 0.05) is 187 Å². The number of ether oxygens (including phenoxy) is 4. The van der Waals surface area contributed by atoms with E-state index < -0.39 is 20.0 Å². The van der Waals surface area contributed by atoms with Gasteiger partial charge in [-0.1, -0.05) is 12.1 Å². The minimum Gasteiger partial charge on any atom is -0.495 e. The fourth-order valence-electron chi connectivity index (χ4n) is 12.1. The molecule has 0 atom stereocenters. The van der Waals surface area contributed by atoms with E-state index in [0.717, 1.165) is 66.4 Å². The molecule has 1 fully saturated rings. The van der Waals surface area contributed by atoms with E-state index in [2.05, 4.69) is 81.5 Å². The summed E-state index contributed by atoms with van der Waals surface area (Å²) in [5.41, 5.74) is 13.1. The first-order valence-electron chi connectivity index (χ1n) is 35.1. The SMILES string of the molecule is COc1cc(Nc2nccn3c(-c4cnn(C)c4)cnc23)ccc1S(=O)(=O)N(C)C.Cn1cc(-c2cnc3c(Nc4ccc(OCCO)cc4)nccn23)cn1.Cn1cc(-c2cnc3c(Nc4cccc(OCCO)c4)nccn23)cn1.Cn1cc(-c2cnc3c(Nc4cccc(S(=O)(=O)N5CCOCC5)c4)nccn23)cn1. The molecule has 12 aromatic heterocycles. The Hall–Kier alpha value is -13.5. The number of rotatable bonds is 23. The normalized spacial score (nSPS) is 12.4. The third-order valence-electron chi connectivity index (χ3n) is 17.5. The lowest BCUT2D eigenvalue weighted by atomic mass is 10.3. The van der Waals surface area contributed by atoms with Crippen molar-refractivity contribution in [1.29, 1.82) is 0 Å². The van der Waals surface area contributed by atoms with Crippen molar-refractivity contribution in [1.82, 2.24) is 105 Å². The van der Waals surface area contributed by atoms with Crippen LogP contribution in [0, 0.1) is 0 Å². The number of aliphatic hydroxyl groups excluding tert-OH is 2. The molecule has 17 rings (SSSR count). The van der Waals surface area contributed by atoms with Crippen molar-refractivity contribution in [2.45, 2.75) is 9.79 Å². The average molecular weight is 1570 g/mol. The predicted octanol–water partition coefficient (Wildman–Crippen LogP) is 8.52. The number of aromatic nitrogens is 20. The molecule has 0 unspecified atom stereocenters. The highest BCUT2D eigenvalue weighted by Crippen LogP contribution is 2.34. The van der Waals surface area contributed by atoms with Gasteiger partial charge in [-0.2, -0.15) is 24.7 Å². The molecule has 0 spiro atoms. The Balaban J connectivity index is 0.000000125. The van der Waals surface area contributed by atoms with E-state index in [1.54, 1.807) is 117 Å². The number of morpholine rings is 1. The number of aliphatic hydroxyl groups is 2. The molecular formula is C75H78N26O10S2. The number of hydrogen-bond donors (Lipinski definition) is 6. The van der Waals surface area contributed by atoms with E-state index in [1.807, 2.05) is 156 Å². The second kappa shape index (κ2) is 33.8. The summed E-state index contributed by atoms with van der Waals surface area (Å²) in [4.78, 5) is 35.9. The van der Waals surface area contributed by atoms with E-state index >= 15 is 0 Å². The van der Waals surface area contributed by atoms with Gasteiger partial charge >= 0.3 is 0 Å². The Morgan fingerprint density at radius 2 is 0.832 bits per heavy atom. The summed E-state index contributed by atoms with van der Waals surface area (Å²) in [7, 11) is 4.65. The van der Waals surface area contributed by atoms with Crippen LogP contribution in [0.5, 0.6) is 17.2 Å². The standard InChI is InChI=1S/C20H21N7O3S.C19H21N7O3S.2C18H18N6O2/c1-25-14-15(12-23-25)18-13-22-20-19(21-5-6-27(18)20)24-16-3-2-4-17(11-16)31(28,29)26-7-9-30-10-8-26;1-24(2)30(27,28)17-6-5-14(9-16(17)29-4)23-18-19-21-11-15(26(19)8-7-20-18)13-10-22-25(3)12-13;1-23-12-13(10-21-23)16-11-20-18-17(19-6-7-24(16)18)22-14-2-4-15(5-3-14)26-9-8-25;1-23-12-13(10-21-23)16-11-20-18-17(19-5-6-24(16)18)22-14-3-2-4-15(9-14)26-8-7-25/h2-6,11-14H,7-10H2,1H3,(H,21,24);5-12H,1-4H3,(H,20,23);2-7,10-12,25H,8-9H2,1H3,(H,19,22);2-6,9-12,25H,7-8H2,1H3,(H,19,22). The number of methoxy groups -OCH3 is 1. The first-order valence-corrected chi connectivity index (χ1v) is 38.0. The number of nitrogens with zero attached hydrogens (tertiary/aromatic N) is 22. The van der Waals surface area contributed by atoms with Crippen LogP contribution in [-0.4, -0.2) is 206 Å². The van der Waals surface area contributed by atoms with Gasteiger partial charge in [0.25, 0.3) is 0 Å². The van der Waals surface area contributed by atoms with Gasteiger partial charge in [0.1, 0.15) is 35.4 Å². The molecule has 0 aliphatic carbocycles. The Labute approximate surface area is 646 Å². The van der Waals surface area contributed by atoms with Crippen molar-refractivity contribution in [2.75, 3.05) is 95.2 Å². The molecule has 1 saturated heterocycles. The quantitative estimate of drug-likeness (QED) is 0.0349. The lowest BCUT2D eigenvalue weighted by Crippen LogP contribution is -2.40. The molecule has 13 heterocycles. The average Bonchev–Trinajstić information content (AvgIpc) is 1.51. The summed E-state index contributed by atoms with van der Waals surface area (Å²) in [5.74, 6) is 3.97. The molecule has 1 aliphatic heterocycles. The molecule has 16 aromatic rings. The Bertz CT molecular complexity index is 6220. The highest BCUT2D eigenvalue weighted by atomic mass is 32.2. The number of imidazole rings is 4. The van der Waals surface area contributed by atoms with Crippen LogP contribution in [0.25, 0.3) is 67.6 Å². The van der Waals surface area contributed by atoms with Gasteiger partial charge in [-0.15, -0.1) is 0 Å². The van der Waals surface area contributed by atoms with E-state index in [4.69, 9.17) is 29.2 Å². The molecule has 580 valence electrons. The van der Waals surface area contributed by atoms with E-state index in [1.165, 1.54) is 31.6 Å². The maximum atomic E-state index is 13.0. The highest BCUT2D eigenvalue weighted by Gasteiger charge is 2.28. The van der Waals surface area contributed by atoms with E-state index in [9.17, 15) is 16.8 Å². The second-order valence-corrected chi connectivity index (χ2v) is 29.5. The molecule has 0 bridgehead atoms. The smallest absolute Gasteiger partial charge is 0.246 e. The number of fused-ring (bicyclic) bond motifs is 4. The van der Waals surface area contributed by atoms with Crippen LogP contribution < -0.4 is 35.5 Å². The molecular weight excluding hydrogens is 1490 g/mol. The minimum atomic E-state index is -3.63. The summed E-state index contributed by atoms with van der Waals surface area (Å²) < 4.78 is 89.7. The third-order valence-corrected chi connectivity index (χ3v) is 21.3. The third kappa shape index (κ3) is 17.1. The zero-order valence-electron chi connectivity index (χ0n) is 62.2. The van der Waals surface area contributed by atoms with Crippen LogP contribution >= 0.6 is 0 Å². The Kier molecular flexibility index (Phi) is 22.8. The van der Waals surface area contributed by atoms with Gasteiger partial charge in [-0.25, -0.2) is 61.0 Å². The monoisotopic (exact) mass is 1570 g/mol. The lowest BCUT2D eigenvalue weighted by molar-refractivity contribution is 0.0730. The van der Waals surface area contributed by atoms with Crippen LogP contribution in [0.4, 0.5) is 46.0 Å². The molecule has 6 N–H and O–H groups in total. The highest BCUT2D eigenvalue weighted by molar-refractivity contribution is 7.89. The summed E-state index contributed by atoms with van der Waals surface area (Å²) >= 11 is 0. The summed E-state index contributed by atoms with van der Waals surface area (Å²) in [6.45, 7) is 2.02. The minimum absolute atomic E-state index is 0.00886. The summed E-state index contributed by atoms with van der Waals surface area (Å²) in [6, 6.07) is 26.4. The molecule has 113 heavy (non-hydrogen) atoms. The van der Waals surface area contributed by atoms with Gasteiger partial charge in [-0.05, 0) is 66.7 Å². The number of sulfonamides is 2. The fraction of sp³-hybridized carbons (Fsp3) is 0.200. The van der Waals surface area contributed by atoms with E-state index in [-0.39, 0.29) is 42.0 Å². The molecule has 1 aliphatic rings. The lowest BCUT2D eigenvalue weighted by Gasteiger charge is -2.26. The number of benzene rings is 4. The van der Waals surface area contributed by atoms with Crippen molar-refractivity contribution in [2.24, 2.45) is 28.2 Å². The number of anilines is 8. The molecule has 0 saturated carbocycles. The number of nitrogens with one attached hydrogen (secondary N) is 4. The molecule has 4 aromatic carbocycles. The van der Waals surface area contributed by atoms with Gasteiger partial charge in [0.05, 0.1) is 111 Å². The zero-order chi connectivity index (χ0) is 78.8. The van der Waals surface area contributed by atoms with Crippen LogP contribution in [0.2, 0.25) is 0 Å². The first kappa shape index (κ1) is 76.3. The molecule has 0 radical (unpaired) electrons. The van der Waals surface area contributed by atoms with Crippen LogP contribution in [0.3, 0.4) is 0 Å². The zero-order valence-corrected chi connectivity index (χ0v) is 63.8. The van der Waals surface area contributed by atoms with Crippen LogP contribution in [-0.2, 0) is 53.0 Å². The van der Waals surface area contributed by atoms with Gasteiger partial charge in [0.2, 0.25) is 20.0 Å². The van der Waals surface area contributed by atoms with E-state index in [0.29, 0.717) is 89.4 Å². The van der Waals surface area contributed by atoms with Gasteiger partial charge in [-0.3, -0.25) is 36.3 Å². The first-order chi connectivity index (χ1) is 54.8. The Morgan fingerprint density at radius 1 is 0.451 bits per heavy atom. The van der Waals surface area contributed by atoms with Crippen molar-refractivity contribution < 1.29 is 46.0 Å². The van der Waals surface area contributed by atoms with Crippen molar-refractivity contribution in [3.05, 3.63) is 215 Å². The van der Waals surface area contributed by atoms with Crippen molar-refractivity contribution in [3.8, 4) is 62.3 Å². The largest absolute Gasteiger partial charge is 0.495 e. The maximum absolute atomic E-state index is 13.0. The molecule has 36 nitrogen and oxygen atoms in total. The van der Waals surface area contributed by atoms with Crippen molar-refractivity contribution >= 4 is 88.7 Å². The second-order valence-electron chi connectivity index (χ2n) is 25.5. The molecule has 38 heteroatoms. The van der Waals surface area contributed by atoms with Crippen molar-refractivity contribution in [3.63, 3.8) is 0 Å². The summed E-state index contributed by atoms with van der Waals surface area (Å²) in [6.07, 6.45) is 36.2. The fourth-order valence-corrected chi connectivity index (χ4v) is 14.6. The number of aryl methyl sites for hydroxylation is 4. The molecule has 0 amide bonds. The number of hydrogen-bond acceptors (Lipinski definition) is 26.